The number of nitrogens with one attached hydrogen (secondary N) is 1. The molecule has 0 bridgehead atoms. The molecule has 5 nitrogen and oxygen atoms in total. The Hall–Kier alpha value is -1.95. The van der Waals surface area contributed by atoms with Gasteiger partial charge in [-0.05, 0) is 26.0 Å². The Bertz CT molecular complexity index is 566. The van der Waals surface area contributed by atoms with Crippen LogP contribution in [0, 0.1) is 0 Å². The highest BCUT2D eigenvalue weighted by Gasteiger charge is 2.09. The number of pyridine rings is 1. The van der Waals surface area contributed by atoms with Crippen LogP contribution in [0.15, 0.2) is 29.9 Å². The fourth-order valence-corrected chi connectivity index (χ4v) is 2.78. The highest BCUT2D eigenvalue weighted by Crippen LogP contribution is 2.20. The molecule has 2 rings (SSSR count). The Morgan fingerprint density at radius 3 is 2.86 bits per heavy atom. The van der Waals surface area contributed by atoms with Gasteiger partial charge in [0.2, 0.25) is 0 Å². The molecule has 0 fully saturated rings. The topological polar surface area (TPSA) is 58.1 Å². The molecule has 2 aromatic heterocycles. The van der Waals surface area contributed by atoms with E-state index in [1.807, 2.05) is 31.4 Å². The Morgan fingerprint density at radius 1 is 1.38 bits per heavy atom. The number of amides is 2. The number of aromatic nitrogens is 2. The van der Waals surface area contributed by atoms with Gasteiger partial charge in [-0.2, -0.15) is 0 Å². The first kappa shape index (κ1) is 15.4. The number of carbonyl (C=O) groups is 1. The maximum atomic E-state index is 11.8. The molecule has 2 aromatic rings. The van der Waals surface area contributed by atoms with E-state index in [9.17, 15) is 4.79 Å². The molecule has 0 atom stereocenters. The van der Waals surface area contributed by atoms with Crippen LogP contribution in [0.1, 0.15) is 18.9 Å². The van der Waals surface area contributed by atoms with E-state index >= 15 is 0 Å². The van der Waals surface area contributed by atoms with Gasteiger partial charge >= 0.3 is 6.03 Å². The summed E-state index contributed by atoms with van der Waals surface area (Å²) in [4.78, 5) is 22.3. The van der Waals surface area contributed by atoms with Crippen molar-refractivity contribution in [1.82, 2.24) is 20.2 Å². The van der Waals surface area contributed by atoms with E-state index in [0.717, 1.165) is 35.8 Å². The molecule has 0 aromatic carbocycles. The van der Waals surface area contributed by atoms with Crippen LogP contribution in [-0.4, -0.2) is 40.5 Å². The Balaban J connectivity index is 1.85. The van der Waals surface area contributed by atoms with Gasteiger partial charge in [-0.1, -0.05) is 0 Å². The zero-order valence-electron chi connectivity index (χ0n) is 12.4. The molecular formula is C15H20N4OS. The van der Waals surface area contributed by atoms with Crippen LogP contribution in [0.25, 0.3) is 11.3 Å². The zero-order chi connectivity index (χ0) is 15.1. The van der Waals surface area contributed by atoms with Crippen LogP contribution >= 0.6 is 11.3 Å². The fraction of sp³-hybridized carbons (Fsp3) is 0.400. The average molecular weight is 304 g/mol. The van der Waals surface area contributed by atoms with Crippen molar-refractivity contribution in [3.8, 4) is 11.3 Å². The van der Waals surface area contributed by atoms with Crippen molar-refractivity contribution >= 4 is 17.4 Å². The van der Waals surface area contributed by atoms with Crippen molar-refractivity contribution in [3.05, 3.63) is 34.9 Å². The zero-order valence-corrected chi connectivity index (χ0v) is 13.2. The smallest absolute Gasteiger partial charge is 0.317 e. The lowest BCUT2D eigenvalue weighted by Gasteiger charge is -2.18. The second-order valence-corrected chi connectivity index (χ2v) is 5.47. The first-order valence-corrected chi connectivity index (χ1v) is 8.00. The van der Waals surface area contributed by atoms with Crippen LogP contribution in [-0.2, 0) is 6.42 Å². The van der Waals surface area contributed by atoms with Crippen LogP contribution < -0.4 is 5.32 Å². The predicted molar refractivity (Wildman–Crippen MR) is 85.4 cm³/mol. The second-order valence-electron chi connectivity index (χ2n) is 4.52. The number of nitrogens with zero attached hydrogens (tertiary/aromatic N) is 3. The third kappa shape index (κ3) is 4.26. The van der Waals surface area contributed by atoms with Crippen molar-refractivity contribution in [1.29, 1.82) is 0 Å². The molecule has 0 unspecified atom stereocenters. The van der Waals surface area contributed by atoms with Gasteiger partial charge in [0, 0.05) is 49.4 Å². The number of carbonyl (C=O) groups excluding carboxylic acids is 1. The third-order valence-corrected chi connectivity index (χ3v) is 4.08. The molecule has 21 heavy (non-hydrogen) atoms. The summed E-state index contributed by atoms with van der Waals surface area (Å²) < 4.78 is 0. The highest BCUT2D eigenvalue weighted by molar-refractivity contribution is 7.09. The van der Waals surface area contributed by atoms with E-state index in [1.165, 1.54) is 0 Å². The van der Waals surface area contributed by atoms with Crippen LogP contribution in [0.4, 0.5) is 4.79 Å². The first-order valence-electron chi connectivity index (χ1n) is 7.12. The molecule has 0 radical (unpaired) electrons. The summed E-state index contributed by atoms with van der Waals surface area (Å²) in [5, 5.41) is 5.97. The molecule has 0 aliphatic rings. The van der Waals surface area contributed by atoms with Crippen molar-refractivity contribution < 1.29 is 4.79 Å². The highest BCUT2D eigenvalue weighted by atomic mass is 32.1. The lowest BCUT2D eigenvalue weighted by molar-refractivity contribution is 0.203. The predicted octanol–water partition coefficient (Wildman–Crippen LogP) is 2.80. The number of hydrogen-bond acceptors (Lipinski definition) is 4. The minimum atomic E-state index is -0.0101. The van der Waals surface area contributed by atoms with E-state index in [0.29, 0.717) is 6.54 Å². The Morgan fingerprint density at radius 2 is 2.19 bits per heavy atom. The Kier molecular flexibility index (Phi) is 5.68. The van der Waals surface area contributed by atoms with Crippen LogP contribution in [0.3, 0.4) is 0 Å². The van der Waals surface area contributed by atoms with E-state index in [1.54, 1.807) is 28.6 Å². The minimum Gasteiger partial charge on any atom is -0.338 e. The minimum absolute atomic E-state index is 0.0101. The van der Waals surface area contributed by atoms with Crippen molar-refractivity contribution in [2.75, 3.05) is 19.6 Å². The van der Waals surface area contributed by atoms with Crippen molar-refractivity contribution in [3.63, 3.8) is 0 Å². The number of thiazole rings is 1. The van der Waals surface area contributed by atoms with Crippen molar-refractivity contribution in [2.45, 2.75) is 20.3 Å². The van der Waals surface area contributed by atoms with E-state index in [-0.39, 0.29) is 6.03 Å². The molecule has 0 saturated heterocycles. The van der Waals surface area contributed by atoms with Crippen LogP contribution in [0.5, 0.6) is 0 Å². The van der Waals surface area contributed by atoms with Gasteiger partial charge in [-0.3, -0.25) is 4.98 Å². The van der Waals surface area contributed by atoms with Gasteiger partial charge in [0.05, 0.1) is 10.7 Å². The van der Waals surface area contributed by atoms with Gasteiger partial charge < -0.3 is 10.2 Å². The van der Waals surface area contributed by atoms with E-state index < -0.39 is 0 Å². The Labute approximate surface area is 129 Å². The largest absolute Gasteiger partial charge is 0.338 e. The summed E-state index contributed by atoms with van der Waals surface area (Å²) in [5.74, 6) is 0. The lowest BCUT2D eigenvalue weighted by Crippen LogP contribution is -2.40. The molecule has 6 heteroatoms. The molecule has 2 amide bonds. The second kappa shape index (κ2) is 7.73. The molecule has 0 spiro atoms. The summed E-state index contributed by atoms with van der Waals surface area (Å²) >= 11 is 1.61. The number of urea groups is 1. The van der Waals surface area contributed by atoms with Gasteiger partial charge in [0.25, 0.3) is 0 Å². The monoisotopic (exact) mass is 304 g/mol. The summed E-state index contributed by atoms with van der Waals surface area (Å²) in [6.45, 7) is 6.01. The van der Waals surface area contributed by atoms with E-state index in [4.69, 9.17) is 0 Å². The molecule has 0 saturated carbocycles. The number of hydrogen-bond donors (Lipinski definition) is 1. The molecule has 2 heterocycles. The number of rotatable bonds is 6. The average Bonchev–Trinajstić information content (AvgIpc) is 2.98. The van der Waals surface area contributed by atoms with Gasteiger partial charge in [0.15, 0.2) is 0 Å². The third-order valence-electron chi connectivity index (χ3n) is 3.17. The maximum absolute atomic E-state index is 11.8. The normalized spacial score (nSPS) is 10.4. The SMILES string of the molecule is CCN(CC)C(=O)NCCc1nc(-c2cccnc2)cs1. The molecule has 1 N–H and O–H groups in total. The fourth-order valence-electron chi connectivity index (χ4n) is 1.97. The summed E-state index contributed by atoms with van der Waals surface area (Å²) in [5.41, 5.74) is 1.96. The summed E-state index contributed by atoms with van der Waals surface area (Å²) in [6, 6.07) is 3.89. The van der Waals surface area contributed by atoms with Gasteiger partial charge in [-0.15, -0.1) is 11.3 Å². The standard InChI is InChI=1S/C15H20N4OS/c1-3-19(4-2)15(20)17-9-7-14-18-13(11-21-14)12-6-5-8-16-10-12/h5-6,8,10-11H,3-4,7,9H2,1-2H3,(H,17,20). The lowest BCUT2D eigenvalue weighted by atomic mass is 10.2. The van der Waals surface area contributed by atoms with Gasteiger partial charge in [-0.25, -0.2) is 9.78 Å². The quantitative estimate of drug-likeness (QED) is 0.893. The van der Waals surface area contributed by atoms with Crippen LogP contribution in [0.2, 0.25) is 0 Å². The summed E-state index contributed by atoms with van der Waals surface area (Å²) in [6.07, 6.45) is 4.30. The van der Waals surface area contributed by atoms with Gasteiger partial charge in [0.1, 0.15) is 0 Å². The first-order chi connectivity index (χ1) is 10.2. The maximum Gasteiger partial charge on any atom is 0.317 e. The molecule has 0 aliphatic heterocycles. The molecule has 0 aliphatic carbocycles. The van der Waals surface area contributed by atoms with E-state index in [2.05, 4.69) is 15.3 Å². The van der Waals surface area contributed by atoms with Crippen molar-refractivity contribution in [2.24, 2.45) is 0 Å². The molecule has 112 valence electrons. The molecular weight excluding hydrogens is 284 g/mol. The summed E-state index contributed by atoms with van der Waals surface area (Å²) in [7, 11) is 0.